The number of hydrogen-bond donors (Lipinski definition) is 8. The monoisotopic (exact) mass is 637 g/mol. The van der Waals surface area contributed by atoms with Crippen molar-refractivity contribution < 1.29 is 29.7 Å². The maximum atomic E-state index is 12.6. The Balaban J connectivity index is 1.59. The largest absolute Gasteiger partial charge is 0.495 e. The zero-order valence-electron chi connectivity index (χ0n) is 26.1. The SMILES string of the molecule is C=CC1=C(O)N[C@H](/C=c2/[nH]/c(=C\C3=C(CCC(=O)O)C(C)[C@@]4(/C=C5\NC(=O)[C@H](C)[C@H]5CCS)NN34)c(CCC(=O)O)c2C)C1C. The van der Waals surface area contributed by atoms with Gasteiger partial charge in [0.1, 0.15) is 5.66 Å². The molecule has 2 saturated heterocycles. The van der Waals surface area contributed by atoms with Gasteiger partial charge in [-0.1, -0.05) is 33.4 Å². The van der Waals surface area contributed by atoms with E-state index in [1.54, 1.807) is 6.08 Å². The molecule has 12 heteroatoms. The molecule has 0 saturated carbocycles. The lowest BCUT2D eigenvalue weighted by atomic mass is 9.86. The van der Waals surface area contributed by atoms with Gasteiger partial charge in [0.05, 0.1) is 11.7 Å². The highest BCUT2D eigenvalue weighted by atomic mass is 32.1. The van der Waals surface area contributed by atoms with Crippen LogP contribution in [0.3, 0.4) is 0 Å². The van der Waals surface area contributed by atoms with Crippen molar-refractivity contribution >= 4 is 42.6 Å². The Hall–Kier alpha value is -3.90. The fraction of sp³-hybridized carbons (Fsp3) is 0.485. The number of aliphatic hydroxyl groups excluding tert-OH is 1. The molecule has 5 heterocycles. The number of nitrogens with zero attached hydrogens (tertiary/aromatic N) is 1. The van der Waals surface area contributed by atoms with E-state index in [4.69, 9.17) is 0 Å². The van der Waals surface area contributed by atoms with Crippen LogP contribution < -0.4 is 26.8 Å². The van der Waals surface area contributed by atoms with E-state index in [1.165, 1.54) is 0 Å². The number of carbonyl (C=O) groups excluding carboxylic acids is 1. The van der Waals surface area contributed by atoms with Crippen molar-refractivity contribution in [1.82, 2.24) is 26.1 Å². The number of aliphatic hydroxyl groups is 1. The molecule has 45 heavy (non-hydrogen) atoms. The maximum Gasteiger partial charge on any atom is 0.303 e. The minimum Gasteiger partial charge on any atom is -0.495 e. The topological polar surface area (TPSA) is 177 Å². The second-order valence-electron chi connectivity index (χ2n) is 12.5. The van der Waals surface area contributed by atoms with Crippen LogP contribution in [0.1, 0.15) is 57.6 Å². The number of amides is 1. The van der Waals surface area contributed by atoms with Crippen molar-refractivity contribution in [2.45, 2.75) is 71.5 Å². The van der Waals surface area contributed by atoms with Crippen molar-refractivity contribution in [3.8, 4) is 0 Å². The van der Waals surface area contributed by atoms with Crippen LogP contribution in [0, 0.1) is 30.6 Å². The smallest absolute Gasteiger partial charge is 0.303 e. The van der Waals surface area contributed by atoms with Crippen molar-refractivity contribution in [2.24, 2.45) is 23.7 Å². The van der Waals surface area contributed by atoms with Gasteiger partial charge in [-0.15, -0.1) is 0 Å². The van der Waals surface area contributed by atoms with E-state index >= 15 is 0 Å². The Kier molecular flexibility index (Phi) is 9.01. The lowest BCUT2D eigenvalue weighted by molar-refractivity contribution is -0.138. The molecule has 2 fully saturated rings. The van der Waals surface area contributed by atoms with Gasteiger partial charge >= 0.3 is 11.9 Å². The molecule has 242 valence electrons. The van der Waals surface area contributed by atoms with Gasteiger partial charge in [0, 0.05) is 58.5 Å². The Morgan fingerprint density at radius 3 is 2.40 bits per heavy atom. The fourth-order valence-corrected chi connectivity index (χ4v) is 7.39. The molecule has 1 amide bonds. The lowest BCUT2D eigenvalue weighted by Crippen LogP contribution is -2.28. The van der Waals surface area contributed by atoms with Crippen LogP contribution in [0.15, 0.2) is 47.2 Å². The molecule has 5 rings (SSSR count). The molecule has 6 atom stereocenters. The van der Waals surface area contributed by atoms with E-state index in [1.807, 2.05) is 37.9 Å². The highest BCUT2D eigenvalue weighted by molar-refractivity contribution is 7.80. The number of aromatic nitrogens is 1. The third kappa shape index (κ3) is 5.93. The second-order valence-corrected chi connectivity index (χ2v) is 13.0. The Morgan fingerprint density at radius 1 is 1.09 bits per heavy atom. The summed E-state index contributed by atoms with van der Waals surface area (Å²) < 4.78 is 0. The Labute approximate surface area is 267 Å². The summed E-state index contributed by atoms with van der Waals surface area (Å²) in [6.07, 6.45) is 9.01. The number of aliphatic carboxylic acids is 2. The molecule has 0 spiro atoms. The highest BCUT2D eigenvalue weighted by Gasteiger charge is 2.62. The van der Waals surface area contributed by atoms with Gasteiger partial charge in [0.2, 0.25) is 5.91 Å². The molecule has 11 nitrogen and oxygen atoms in total. The fourth-order valence-electron chi connectivity index (χ4n) is 7.11. The standard InChI is InChI=1S/C33H43N5O6S/c1-6-20-16(2)25(35-32(20)44)13-24-17(3)21(7-9-29(39)40)26(34-24)14-28-23(8-10-30(41)42)19(5)33(37-38(28)33)15-27-22(11-12-45)18(4)31(43)36-27/h6,13-16,18-19,22,25,34-35,37,44-45H,1,7-12H2,2-5H3,(H,36,43)(H,39,40)(H,41,42)/b24-13+,26-14-,27-15-/t16?,18-,19?,22-,25-,33+,38?/m1/s1. The number of nitrogens with one attached hydrogen (secondary N) is 4. The number of allylic oxidation sites excluding steroid dienone is 3. The van der Waals surface area contributed by atoms with Crippen LogP contribution in [0.5, 0.6) is 0 Å². The van der Waals surface area contributed by atoms with Gasteiger partial charge < -0.3 is 30.9 Å². The number of carbonyl (C=O) groups is 3. The zero-order valence-corrected chi connectivity index (χ0v) is 27.0. The number of H-pyrrole nitrogens is 1. The third-order valence-corrected chi connectivity index (χ3v) is 10.2. The lowest BCUT2D eigenvalue weighted by Gasteiger charge is -2.19. The molecule has 0 aromatic carbocycles. The summed E-state index contributed by atoms with van der Waals surface area (Å²) in [4.78, 5) is 39.3. The zero-order chi connectivity index (χ0) is 32.8. The average Bonchev–Trinajstić information content (AvgIpc) is 3.33. The summed E-state index contributed by atoms with van der Waals surface area (Å²) in [5, 5.41) is 39.2. The Bertz CT molecular complexity index is 1660. The van der Waals surface area contributed by atoms with Gasteiger partial charge in [0.25, 0.3) is 0 Å². The summed E-state index contributed by atoms with van der Waals surface area (Å²) in [7, 11) is 0. The van der Waals surface area contributed by atoms with Gasteiger partial charge in [-0.2, -0.15) is 12.6 Å². The number of aromatic amines is 1. The van der Waals surface area contributed by atoms with Crippen molar-refractivity contribution in [3.05, 3.63) is 69.0 Å². The molecule has 1 aromatic heterocycles. The number of carboxylic acid groups (broad SMARTS) is 2. The number of hydrazine groups is 1. The van der Waals surface area contributed by atoms with E-state index in [-0.39, 0.29) is 54.3 Å². The van der Waals surface area contributed by atoms with Crippen LogP contribution in [-0.2, 0) is 20.8 Å². The molecule has 2 unspecified atom stereocenters. The van der Waals surface area contributed by atoms with Crippen LogP contribution in [0.25, 0.3) is 12.2 Å². The predicted molar refractivity (Wildman–Crippen MR) is 174 cm³/mol. The molecule has 0 aliphatic carbocycles. The minimum atomic E-state index is -0.902. The van der Waals surface area contributed by atoms with E-state index in [2.05, 4.69) is 53.3 Å². The average molecular weight is 638 g/mol. The molecule has 0 bridgehead atoms. The van der Waals surface area contributed by atoms with E-state index in [9.17, 15) is 29.7 Å². The molecule has 4 aliphatic heterocycles. The van der Waals surface area contributed by atoms with Crippen molar-refractivity contribution in [3.63, 3.8) is 0 Å². The first-order chi connectivity index (χ1) is 21.3. The van der Waals surface area contributed by atoms with Gasteiger partial charge in [-0.3, -0.25) is 19.4 Å². The van der Waals surface area contributed by atoms with Crippen LogP contribution in [-0.4, -0.2) is 60.6 Å². The summed E-state index contributed by atoms with van der Waals surface area (Å²) in [6.45, 7) is 11.7. The van der Waals surface area contributed by atoms with Gasteiger partial charge in [-0.25, -0.2) is 5.43 Å². The van der Waals surface area contributed by atoms with Crippen LogP contribution in [0.2, 0.25) is 0 Å². The van der Waals surface area contributed by atoms with Crippen LogP contribution >= 0.6 is 12.6 Å². The Morgan fingerprint density at radius 2 is 1.78 bits per heavy atom. The van der Waals surface area contributed by atoms with Gasteiger partial charge in [0.15, 0.2) is 5.88 Å². The molecule has 7 N–H and O–H groups in total. The number of hydrogen-bond acceptors (Lipinski definition) is 8. The highest BCUT2D eigenvalue weighted by Crippen LogP contribution is 2.52. The molecule has 4 aliphatic rings. The summed E-state index contributed by atoms with van der Waals surface area (Å²) in [5.41, 5.74) is 8.02. The second kappa shape index (κ2) is 12.5. The summed E-state index contributed by atoms with van der Waals surface area (Å²) >= 11 is 4.41. The first-order valence-electron chi connectivity index (χ1n) is 15.4. The van der Waals surface area contributed by atoms with E-state index in [0.29, 0.717) is 18.6 Å². The van der Waals surface area contributed by atoms with Gasteiger partial charge in [-0.05, 0) is 66.9 Å². The number of fused-ring (bicyclic) bond motifs is 1. The van der Waals surface area contributed by atoms with E-state index in [0.717, 1.165) is 50.8 Å². The summed E-state index contributed by atoms with van der Waals surface area (Å²) in [6, 6.07) is -0.199. The van der Waals surface area contributed by atoms with Crippen molar-refractivity contribution in [1.29, 1.82) is 0 Å². The number of carboxylic acids is 2. The van der Waals surface area contributed by atoms with E-state index < -0.39 is 17.6 Å². The number of thiol groups is 1. The summed E-state index contributed by atoms with van der Waals surface area (Å²) in [5.74, 6) is -1.34. The first-order valence-corrected chi connectivity index (χ1v) is 16.1. The molecule has 0 radical (unpaired) electrons. The van der Waals surface area contributed by atoms with Crippen LogP contribution in [0.4, 0.5) is 0 Å². The predicted octanol–water partition coefficient (Wildman–Crippen LogP) is 2.34. The van der Waals surface area contributed by atoms with Crippen molar-refractivity contribution in [2.75, 3.05) is 5.75 Å². The molecular formula is C33H43N5O6S. The number of rotatable bonds is 12. The normalized spacial score (nSPS) is 30.8. The third-order valence-electron chi connectivity index (χ3n) is 9.96. The molecule has 1 aromatic rings. The first kappa shape index (κ1) is 32.5. The molecular weight excluding hydrogens is 594 g/mol. The minimum absolute atomic E-state index is 0.0170. The quantitative estimate of drug-likeness (QED) is 0.126. The maximum absolute atomic E-state index is 12.6.